The van der Waals surface area contributed by atoms with Crippen LogP contribution in [0.3, 0.4) is 0 Å². The number of carbonyl (C=O) groups is 1. The number of hydrogen-bond acceptors (Lipinski definition) is 3. The van der Waals surface area contributed by atoms with Crippen LogP contribution in [-0.4, -0.2) is 16.9 Å². The van der Waals surface area contributed by atoms with E-state index in [2.05, 4.69) is 4.98 Å². The fraction of sp³-hybridized carbons (Fsp3) is 0.400. The monoisotopic (exact) mass is 177 g/mol. The van der Waals surface area contributed by atoms with E-state index in [1.54, 1.807) is 18.5 Å². The first-order valence-corrected chi connectivity index (χ1v) is 4.38. The summed E-state index contributed by atoms with van der Waals surface area (Å²) >= 11 is 0. The fourth-order valence-electron chi connectivity index (χ4n) is 1.05. The molecule has 1 heterocycles. The summed E-state index contributed by atoms with van der Waals surface area (Å²) in [6, 6.07) is 1.74. The predicted octanol–water partition coefficient (Wildman–Crippen LogP) is 1.83. The number of carbonyl (C=O) groups excluding carboxylic acids is 1. The molecule has 3 heteroatoms. The van der Waals surface area contributed by atoms with Crippen LogP contribution in [0.15, 0.2) is 18.5 Å². The molecule has 3 nitrogen and oxygen atoms in total. The van der Waals surface area contributed by atoms with Crippen molar-refractivity contribution in [1.29, 1.82) is 0 Å². The summed E-state index contributed by atoms with van der Waals surface area (Å²) in [6.45, 7) is 1.53. The molecule has 1 aliphatic rings. The summed E-state index contributed by atoms with van der Waals surface area (Å²) in [5.74, 6) is 0.726. The number of rotatable bonds is 3. The minimum Gasteiger partial charge on any atom is -0.489 e. The zero-order valence-electron chi connectivity index (χ0n) is 7.49. The molecule has 0 radical (unpaired) electrons. The van der Waals surface area contributed by atoms with E-state index in [9.17, 15) is 4.79 Å². The van der Waals surface area contributed by atoms with Crippen LogP contribution in [-0.2, 0) is 0 Å². The summed E-state index contributed by atoms with van der Waals surface area (Å²) in [7, 11) is 0. The van der Waals surface area contributed by atoms with Crippen molar-refractivity contribution in [1.82, 2.24) is 4.98 Å². The molecule has 0 N–H and O–H groups in total. The lowest BCUT2D eigenvalue weighted by atomic mass is 10.2. The Bertz CT molecular complexity index is 331. The van der Waals surface area contributed by atoms with Crippen LogP contribution in [0.2, 0.25) is 0 Å². The van der Waals surface area contributed by atoms with Gasteiger partial charge in [0.1, 0.15) is 5.75 Å². The summed E-state index contributed by atoms with van der Waals surface area (Å²) < 4.78 is 5.50. The lowest BCUT2D eigenvalue weighted by molar-refractivity contribution is 0.101. The zero-order valence-corrected chi connectivity index (χ0v) is 7.49. The quantitative estimate of drug-likeness (QED) is 0.661. The van der Waals surface area contributed by atoms with Crippen LogP contribution in [0.1, 0.15) is 30.1 Å². The first-order chi connectivity index (χ1) is 6.25. The summed E-state index contributed by atoms with van der Waals surface area (Å²) in [5.41, 5.74) is 0.609. The summed E-state index contributed by atoms with van der Waals surface area (Å²) in [6.07, 6.45) is 5.78. The summed E-state index contributed by atoms with van der Waals surface area (Å²) in [4.78, 5) is 14.9. The van der Waals surface area contributed by atoms with Crippen LogP contribution in [0.5, 0.6) is 5.75 Å². The Kier molecular flexibility index (Phi) is 2.00. The van der Waals surface area contributed by atoms with Crippen LogP contribution in [0.25, 0.3) is 0 Å². The second-order valence-electron chi connectivity index (χ2n) is 3.28. The average molecular weight is 177 g/mol. The molecule has 1 fully saturated rings. The molecule has 2 rings (SSSR count). The van der Waals surface area contributed by atoms with Crippen molar-refractivity contribution in [3.63, 3.8) is 0 Å². The highest BCUT2D eigenvalue weighted by molar-refractivity contribution is 5.94. The third kappa shape index (κ3) is 2.05. The van der Waals surface area contributed by atoms with Crippen molar-refractivity contribution in [2.24, 2.45) is 0 Å². The van der Waals surface area contributed by atoms with E-state index in [4.69, 9.17) is 4.74 Å². The maximum atomic E-state index is 11.0. The van der Waals surface area contributed by atoms with Gasteiger partial charge < -0.3 is 4.74 Å². The SMILES string of the molecule is CC(=O)c1cncc(OC2CC2)c1. The number of nitrogens with zero attached hydrogens (tertiary/aromatic N) is 1. The Hall–Kier alpha value is -1.38. The van der Waals surface area contributed by atoms with E-state index < -0.39 is 0 Å². The molecule has 13 heavy (non-hydrogen) atoms. The van der Waals surface area contributed by atoms with Crippen LogP contribution in [0, 0.1) is 0 Å². The number of pyridine rings is 1. The third-order valence-electron chi connectivity index (χ3n) is 1.95. The van der Waals surface area contributed by atoms with E-state index in [1.165, 1.54) is 6.92 Å². The van der Waals surface area contributed by atoms with Gasteiger partial charge in [0.05, 0.1) is 12.3 Å². The third-order valence-corrected chi connectivity index (χ3v) is 1.95. The van der Waals surface area contributed by atoms with Gasteiger partial charge in [-0.25, -0.2) is 0 Å². The minimum absolute atomic E-state index is 0.0220. The van der Waals surface area contributed by atoms with Gasteiger partial charge in [0.2, 0.25) is 0 Å². The molecule has 0 aromatic carbocycles. The standard InChI is InChI=1S/C10H11NO2/c1-7(12)8-4-10(6-11-5-8)13-9-2-3-9/h4-6,9H,2-3H2,1H3. The number of aromatic nitrogens is 1. The van der Waals surface area contributed by atoms with Gasteiger partial charge in [0.25, 0.3) is 0 Å². The lowest BCUT2D eigenvalue weighted by Gasteiger charge is -2.03. The molecule has 1 aliphatic carbocycles. The fourth-order valence-corrected chi connectivity index (χ4v) is 1.05. The van der Waals surface area contributed by atoms with Crippen molar-refractivity contribution in [3.05, 3.63) is 24.0 Å². The Morgan fingerprint density at radius 1 is 1.54 bits per heavy atom. The molecular weight excluding hydrogens is 166 g/mol. The highest BCUT2D eigenvalue weighted by Gasteiger charge is 2.23. The predicted molar refractivity (Wildman–Crippen MR) is 47.9 cm³/mol. The van der Waals surface area contributed by atoms with Gasteiger partial charge in [-0.15, -0.1) is 0 Å². The van der Waals surface area contributed by atoms with E-state index in [1.807, 2.05) is 0 Å². The van der Waals surface area contributed by atoms with Gasteiger partial charge in [-0.1, -0.05) is 0 Å². The van der Waals surface area contributed by atoms with Gasteiger partial charge >= 0.3 is 0 Å². The Balaban J connectivity index is 2.15. The van der Waals surface area contributed by atoms with Crippen molar-refractivity contribution in [3.8, 4) is 5.75 Å². The topological polar surface area (TPSA) is 39.2 Å². The normalized spacial score (nSPS) is 15.5. The van der Waals surface area contributed by atoms with Crippen molar-refractivity contribution in [2.45, 2.75) is 25.9 Å². The van der Waals surface area contributed by atoms with Gasteiger partial charge in [-0.05, 0) is 25.8 Å². The molecule has 1 aromatic rings. The number of Topliss-reactive ketones (excluding diaryl/α,β-unsaturated/α-hetero) is 1. The molecule has 68 valence electrons. The Morgan fingerprint density at radius 3 is 2.92 bits per heavy atom. The van der Waals surface area contributed by atoms with Gasteiger partial charge in [0.15, 0.2) is 5.78 Å². The molecule has 0 aliphatic heterocycles. The van der Waals surface area contributed by atoms with E-state index in [-0.39, 0.29) is 5.78 Å². The highest BCUT2D eigenvalue weighted by atomic mass is 16.5. The Labute approximate surface area is 76.7 Å². The molecule has 0 atom stereocenters. The molecule has 0 saturated heterocycles. The van der Waals surface area contributed by atoms with Crippen LogP contribution >= 0.6 is 0 Å². The first kappa shape index (κ1) is 8.23. The molecule has 0 bridgehead atoms. The van der Waals surface area contributed by atoms with Gasteiger partial charge in [-0.3, -0.25) is 9.78 Å². The molecule has 1 saturated carbocycles. The van der Waals surface area contributed by atoms with Gasteiger partial charge in [-0.2, -0.15) is 0 Å². The number of ketones is 1. The molecular formula is C10H11NO2. The second kappa shape index (κ2) is 3.17. The molecule has 0 spiro atoms. The molecule has 0 unspecified atom stereocenters. The van der Waals surface area contributed by atoms with E-state index >= 15 is 0 Å². The Morgan fingerprint density at radius 2 is 2.31 bits per heavy atom. The van der Waals surface area contributed by atoms with Crippen molar-refractivity contribution in [2.75, 3.05) is 0 Å². The molecule has 1 aromatic heterocycles. The summed E-state index contributed by atoms with van der Waals surface area (Å²) in [5, 5.41) is 0. The van der Waals surface area contributed by atoms with Crippen molar-refractivity contribution >= 4 is 5.78 Å². The molecule has 0 amide bonds. The van der Waals surface area contributed by atoms with Crippen LogP contribution in [0.4, 0.5) is 0 Å². The van der Waals surface area contributed by atoms with Crippen LogP contribution < -0.4 is 4.74 Å². The van der Waals surface area contributed by atoms with Crippen molar-refractivity contribution < 1.29 is 9.53 Å². The first-order valence-electron chi connectivity index (χ1n) is 4.38. The largest absolute Gasteiger partial charge is 0.489 e. The highest BCUT2D eigenvalue weighted by Crippen LogP contribution is 2.26. The van der Waals surface area contributed by atoms with E-state index in [0.717, 1.165) is 12.8 Å². The van der Waals surface area contributed by atoms with Gasteiger partial charge in [0, 0.05) is 11.8 Å². The maximum Gasteiger partial charge on any atom is 0.161 e. The zero-order chi connectivity index (χ0) is 9.26. The maximum absolute atomic E-state index is 11.0. The second-order valence-corrected chi connectivity index (χ2v) is 3.28. The smallest absolute Gasteiger partial charge is 0.161 e. The lowest BCUT2D eigenvalue weighted by Crippen LogP contribution is -1.99. The average Bonchev–Trinajstić information content (AvgIpc) is 2.89. The number of ether oxygens (including phenoxy) is 1. The van der Waals surface area contributed by atoms with E-state index in [0.29, 0.717) is 17.4 Å². The minimum atomic E-state index is 0.0220. The number of hydrogen-bond donors (Lipinski definition) is 0.